The average molecular weight is 754 g/mol. The van der Waals surface area contributed by atoms with Crippen LogP contribution >= 0.6 is 0 Å². The number of anilines is 3. The predicted octanol–water partition coefficient (Wildman–Crippen LogP) is 16.3. The molecule has 0 aliphatic rings. The Bertz CT molecular complexity index is 3530. The molecule has 0 amide bonds. The van der Waals surface area contributed by atoms with E-state index < -0.39 is 0 Å². The number of benzene rings is 10. The zero-order chi connectivity index (χ0) is 38.9. The van der Waals surface area contributed by atoms with Gasteiger partial charge in [0, 0.05) is 32.8 Å². The molecule has 0 saturated heterocycles. The summed E-state index contributed by atoms with van der Waals surface area (Å²) >= 11 is 0. The molecular formula is C56H35NO2. The second-order valence-electron chi connectivity index (χ2n) is 15.2. The minimum atomic E-state index is 0.814. The van der Waals surface area contributed by atoms with Crippen molar-refractivity contribution in [2.75, 3.05) is 4.90 Å². The summed E-state index contributed by atoms with van der Waals surface area (Å²) in [5, 5.41) is 9.00. The largest absolute Gasteiger partial charge is 0.454 e. The van der Waals surface area contributed by atoms with Crippen LogP contribution in [0.5, 0.6) is 0 Å². The smallest absolute Gasteiger partial charge is 0.160 e. The van der Waals surface area contributed by atoms with Crippen molar-refractivity contribution in [2.45, 2.75) is 0 Å². The highest BCUT2D eigenvalue weighted by Gasteiger charge is 2.26. The Hall–Kier alpha value is -7.88. The summed E-state index contributed by atoms with van der Waals surface area (Å²) in [4.78, 5) is 2.33. The van der Waals surface area contributed by atoms with E-state index in [1.165, 1.54) is 16.5 Å². The zero-order valence-electron chi connectivity index (χ0n) is 32.0. The maximum absolute atomic E-state index is 7.23. The van der Waals surface area contributed by atoms with Crippen LogP contribution in [-0.2, 0) is 0 Å². The Morgan fingerprint density at radius 3 is 1.49 bits per heavy atom. The van der Waals surface area contributed by atoms with Crippen molar-refractivity contribution in [3.05, 3.63) is 212 Å². The number of nitrogens with zero attached hydrogens (tertiary/aromatic N) is 1. The Morgan fingerprint density at radius 2 is 0.814 bits per heavy atom. The fraction of sp³-hybridized carbons (Fsp3) is 0. The van der Waals surface area contributed by atoms with Crippen LogP contribution in [0.15, 0.2) is 221 Å². The molecule has 10 aromatic carbocycles. The third-order valence-corrected chi connectivity index (χ3v) is 11.8. The van der Waals surface area contributed by atoms with Crippen LogP contribution in [-0.4, -0.2) is 0 Å². The fourth-order valence-electron chi connectivity index (χ4n) is 9.06. The monoisotopic (exact) mass is 753 g/mol. The van der Waals surface area contributed by atoms with Gasteiger partial charge in [0.25, 0.3) is 0 Å². The van der Waals surface area contributed by atoms with Gasteiger partial charge in [0.2, 0.25) is 0 Å². The lowest BCUT2D eigenvalue weighted by molar-refractivity contribution is 0.667. The second kappa shape index (κ2) is 13.4. The van der Waals surface area contributed by atoms with Crippen molar-refractivity contribution < 1.29 is 8.83 Å². The van der Waals surface area contributed by atoms with Crippen LogP contribution in [0.2, 0.25) is 0 Å². The van der Waals surface area contributed by atoms with Crippen molar-refractivity contribution in [1.29, 1.82) is 0 Å². The molecule has 12 rings (SSSR count). The van der Waals surface area contributed by atoms with Gasteiger partial charge in [-0.2, -0.15) is 0 Å². The van der Waals surface area contributed by atoms with Gasteiger partial charge in [-0.25, -0.2) is 0 Å². The van der Waals surface area contributed by atoms with Gasteiger partial charge >= 0.3 is 0 Å². The van der Waals surface area contributed by atoms with Gasteiger partial charge in [0.15, 0.2) is 11.2 Å². The van der Waals surface area contributed by atoms with E-state index in [4.69, 9.17) is 8.83 Å². The number of rotatable bonds is 6. The molecule has 2 heterocycles. The summed E-state index contributed by atoms with van der Waals surface area (Å²) in [5.74, 6) is 0. The standard InChI is InChI=1S/C56H35NO2/c1-3-14-36(15-4-1)37-26-28-38(29-27-37)39-30-32-43(33-31-39)57(50-35-42-19-8-10-21-45(42)52-46-22-11-12-25-51(46)58-56(50)52)49-24-13-23-47-53-44-20-9-7-18-41(44)34-48(55(53)59-54(47)49)40-16-5-2-6-17-40/h1-35H. The predicted molar refractivity (Wildman–Crippen MR) is 247 cm³/mol. The van der Waals surface area contributed by atoms with Crippen molar-refractivity contribution >= 4 is 82.5 Å². The van der Waals surface area contributed by atoms with Gasteiger partial charge in [-0.1, -0.05) is 176 Å². The van der Waals surface area contributed by atoms with Crippen molar-refractivity contribution in [2.24, 2.45) is 0 Å². The number of para-hydroxylation sites is 2. The molecule has 0 aliphatic heterocycles. The molecule has 276 valence electrons. The maximum atomic E-state index is 7.23. The van der Waals surface area contributed by atoms with E-state index in [0.717, 1.165) is 99.4 Å². The Balaban J connectivity index is 1.12. The van der Waals surface area contributed by atoms with Gasteiger partial charge in [-0.05, 0) is 85.8 Å². The molecule has 0 atom stereocenters. The Kier molecular flexibility index (Phi) is 7.54. The van der Waals surface area contributed by atoms with Crippen molar-refractivity contribution in [3.63, 3.8) is 0 Å². The number of hydrogen-bond donors (Lipinski definition) is 0. The molecule has 0 N–H and O–H groups in total. The van der Waals surface area contributed by atoms with Gasteiger partial charge in [0.05, 0.1) is 11.4 Å². The lowest BCUT2D eigenvalue weighted by atomic mass is 9.96. The first-order chi connectivity index (χ1) is 29.3. The molecule has 0 unspecified atom stereocenters. The SMILES string of the molecule is c1ccc(-c2ccc(-c3ccc(N(c4cccc5c4oc4c(-c6ccccc6)cc6ccccc6c45)c4cc5ccccc5c5c4oc4ccccc45)cc3)cc2)cc1. The molecule has 2 aromatic heterocycles. The van der Waals surface area contributed by atoms with E-state index in [2.05, 4.69) is 211 Å². The molecule has 3 nitrogen and oxygen atoms in total. The van der Waals surface area contributed by atoms with Crippen LogP contribution in [0.1, 0.15) is 0 Å². The Labute approximate surface area is 340 Å². The minimum absolute atomic E-state index is 0.814. The molecule has 3 heteroatoms. The second-order valence-corrected chi connectivity index (χ2v) is 15.2. The van der Waals surface area contributed by atoms with Crippen LogP contribution in [0, 0.1) is 0 Å². The van der Waals surface area contributed by atoms with E-state index >= 15 is 0 Å². The quantitative estimate of drug-likeness (QED) is 0.169. The lowest BCUT2D eigenvalue weighted by Crippen LogP contribution is -2.10. The third kappa shape index (κ3) is 5.36. The van der Waals surface area contributed by atoms with E-state index in [0.29, 0.717) is 0 Å². The third-order valence-electron chi connectivity index (χ3n) is 11.8. The molecule has 0 spiro atoms. The lowest BCUT2D eigenvalue weighted by Gasteiger charge is -2.26. The summed E-state index contributed by atoms with van der Waals surface area (Å²) in [6, 6.07) is 75.4. The first-order valence-electron chi connectivity index (χ1n) is 20.1. The molecule has 59 heavy (non-hydrogen) atoms. The Morgan fingerprint density at radius 1 is 0.305 bits per heavy atom. The van der Waals surface area contributed by atoms with Gasteiger partial charge in [-0.3, -0.25) is 0 Å². The maximum Gasteiger partial charge on any atom is 0.160 e. The van der Waals surface area contributed by atoms with Crippen LogP contribution < -0.4 is 4.90 Å². The molecule has 0 bridgehead atoms. The first kappa shape index (κ1) is 33.3. The molecule has 12 aromatic rings. The van der Waals surface area contributed by atoms with E-state index in [1.54, 1.807) is 0 Å². The summed E-state index contributed by atoms with van der Waals surface area (Å²) in [5.41, 5.74) is 13.1. The van der Waals surface area contributed by atoms with Crippen molar-refractivity contribution in [1.82, 2.24) is 0 Å². The summed E-state index contributed by atoms with van der Waals surface area (Å²) < 4.78 is 14.1. The van der Waals surface area contributed by atoms with Gasteiger partial charge < -0.3 is 13.7 Å². The zero-order valence-corrected chi connectivity index (χ0v) is 32.0. The highest BCUT2D eigenvalue weighted by Crippen LogP contribution is 2.50. The van der Waals surface area contributed by atoms with E-state index in [-0.39, 0.29) is 0 Å². The number of hydrogen-bond acceptors (Lipinski definition) is 3. The average Bonchev–Trinajstić information content (AvgIpc) is 3.91. The topological polar surface area (TPSA) is 29.5 Å². The molecular weight excluding hydrogens is 719 g/mol. The number of fused-ring (bicyclic) bond motifs is 10. The van der Waals surface area contributed by atoms with Gasteiger partial charge in [-0.15, -0.1) is 0 Å². The summed E-state index contributed by atoms with van der Waals surface area (Å²) in [6.07, 6.45) is 0. The van der Waals surface area contributed by atoms with Crippen LogP contribution in [0.4, 0.5) is 17.1 Å². The highest BCUT2D eigenvalue weighted by molar-refractivity contribution is 6.26. The highest BCUT2D eigenvalue weighted by atomic mass is 16.3. The molecule has 0 aliphatic carbocycles. The van der Waals surface area contributed by atoms with Crippen LogP contribution in [0.25, 0.3) is 98.8 Å². The summed E-state index contributed by atoms with van der Waals surface area (Å²) in [7, 11) is 0. The molecule has 0 fully saturated rings. The first-order valence-corrected chi connectivity index (χ1v) is 20.1. The minimum Gasteiger partial charge on any atom is -0.454 e. The van der Waals surface area contributed by atoms with Gasteiger partial charge in [0.1, 0.15) is 11.2 Å². The normalized spacial score (nSPS) is 11.7. The molecule has 0 radical (unpaired) electrons. The molecule has 0 saturated carbocycles. The van der Waals surface area contributed by atoms with E-state index in [1.807, 2.05) is 6.07 Å². The fourth-order valence-corrected chi connectivity index (χ4v) is 9.06. The number of furan rings is 2. The van der Waals surface area contributed by atoms with Crippen molar-refractivity contribution in [3.8, 4) is 33.4 Å². The van der Waals surface area contributed by atoms with E-state index in [9.17, 15) is 0 Å². The summed E-state index contributed by atoms with van der Waals surface area (Å²) in [6.45, 7) is 0. The van der Waals surface area contributed by atoms with Crippen LogP contribution in [0.3, 0.4) is 0 Å².